The minimum Gasteiger partial charge on any atom is -0.497 e. The maximum Gasteiger partial charge on any atom is 0.325 e. The summed E-state index contributed by atoms with van der Waals surface area (Å²) in [7, 11) is -0.114. The molecule has 2 atom stereocenters. The normalized spacial score (nSPS) is 25.8. The molecule has 158 valence electrons. The van der Waals surface area contributed by atoms with Crippen molar-refractivity contribution in [3.8, 4) is 5.75 Å². The second-order valence-corrected chi connectivity index (χ2v) is 9.60. The number of benzene rings is 1. The van der Waals surface area contributed by atoms with E-state index in [0.29, 0.717) is 24.2 Å². The van der Waals surface area contributed by atoms with E-state index in [9.17, 15) is 22.8 Å². The first-order valence-corrected chi connectivity index (χ1v) is 11.2. The largest absolute Gasteiger partial charge is 0.497 e. The first kappa shape index (κ1) is 21.1. The summed E-state index contributed by atoms with van der Waals surface area (Å²) < 4.78 is 28.5. The van der Waals surface area contributed by atoms with Gasteiger partial charge < -0.3 is 15.0 Å². The van der Waals surface area contributed by atoms with Crippen molar-refractivity contribution in [3.63, 3.8) is 0 Å². The molecule has 2 aliphatic heterocycles. The van der Waals surface area contributed by atoms with Crippen LogP contribution in [0.1, 0.15) is 25.3 Å². The highest BCUT2D eigenvalue weighted by atomic mass is 32.2. The van der Waals surface area contributed by atoms with Crippen molar-refractivity contribution in [2.75, 3.05) is 32.2 Å². The predicted octanol–water partition coefficient (Wildman–Crippen LogP) is 0.498. The van der Waals surface area contributed by atoms with Gasteiger partial charge in [-0.3, -0.25) is 14.5 Å². The Morgan fingerprint density at radius 2 is 1.97 bits per heavy atom. The average molecular weight is 423 g/mol. The number of hydrogen-bond acceptors (Lipinski definition) is 6. The van der Waals surface area contributed by atoms with Gasteiger partial charge in [0.1, 0.15) is 17.8 Å². The third kappa shape index (κ3) is 3.81. The Kier molecular flexibility index (Phi) is 5.57. The maximum absolute atomic E-state index is 13.2. The topological polar surface area (TPSA) is 113 Å². The van der Waals surface area contributed by atoms with E-state index in [1.165, 1.54) is 19.1 Å². The quantitative estimate of drug-likeness (QED) is 0.667. The van der Waals surface area contributed by atoms with E-state index in [1.54, 1.807) is 31.2 Å². The number of nitrogens with zero attached hydrogens (tertiary/aromatic N) is 2. The summed E-state index contributed by atoms with van der Waals surface area (Å²) in [6, 6.07) is 5.74. The molecule has 0 bridgehead atoms. The van der Waals surface area contributed by atoms with Crippen LogP contribution < -0.4 is 10.1 Å². The molecule has 0 aliphatic carbocycles. The first-order chi connectivity index (χ1) is 13.6. The van der Waals surface area contributed by atoms with Gasteiger partial charge in [-0.1, -0.05) is 19.1 Å². The number of likely N-dealkylation sites (N-methyl/N-ethyl adjacent to an activating group) is 1. The smallest absolute Gasteiger partial charge is 0.325 e. The van der Waals surface area contributed by atoms with Crippen molar-refractivity contribution < 1.29 is 27.5 Å². The number of carbonyl (C=O) groups is 3. The molecule has 2 fully saturated rings. The second kappa shape index (κ2) is 7.66. The van der Waals surface area contributed by atoms with Crippen LogP contribution >= 0.6 is 0 Å². The number of methoxy groups -OCH3 is 1. The lowest BCUT2D eigenvalue weighted by molar-refractivity contribution is -0.139. The first-order valence-electron chi connectivity index (χ1n) is 9.38. The van der Waals surface area contributed by atoms with E-state index in [4.69, 9.17) is 4.74 Å². The molecule has 4 amide bonds. The van der Waals surface area contributed by atoms with E-state index < -0.39 is 45.8 Å². The SMILES string of the molecule is CC[C@@]1(c2ccc(OC)cc2)NC(=O)N(CC(=O)N(C)[C@@H]2CCS(=O)(=O)C2)C1=O. The van der Waals surface area contributed by atoms with Crippen LogP contribution in [0.25, 0.3) is 0 Å². The van der Waals surface area contributed by atoms with Gasteiger partial charge in [0.25, 0.3) is 5.91 Å². The Morgan fingerprint density at radius 3 is 2.48 bits per heavy atom. The summed E-state index contributed by atoms with van der Waals surface area (Å²) in [4.78, 5) is 40.6. The zero-order valence-electron chi connectivity index (χ0n) is 16.7. The number of carbonyl (C=O) groups excluding carboxylic acids is 3. The number of amides is 4. The summed E-state index contributed by atoms with van der Waals surface area (Å²) in [5, 5.41) is 2.73. The Bertz CT molecular complexity index is 930. The van der Waals surface area contributed by atoms with Gasteiger partial charge in [-0.05, 0) is 30.5 Å². The second-order valence-electron chi connectivity index (χ2n) is 7.37. The van der Waals surface area contributed by atoms with Crippen molar-refractivity contribution in [2.45, 2.75) is 31.3 Å². The molecule has 2 heterocycles. The molecule has 9 nitrogen and oxygen atoms in total. The van der Waals surface area contributed by atoms with E-state index >= 15 is 0 Å². The van der Waals surface area contributed by atoms with Gasteiger partial charge in [-0.15, -0.1) is 0 Å². The van der Waals surface area contributed by atoms with Crippen molar-refractivity contribution in [2.24, 2.45) is 0 Å². The van der Waals surface area contributed by atoms with Gasteiger partial charge in [0.2, 0.25) is 5.91 Å². The number of urea groups is 1. The summed E-state index contributed by atoms with van der Waals surface area (Å²) in [6.45, 7) is 1.35. The van der Waals surface area contributed by atoms with Crippen LogP contribution in [0, 0.1) is 0 Å². The molecule has 0 saturated carbocycles. The van der Waals surface area contributed by atoms with Crippen molar-refractivity contribution in [1.29, 1.82) is 0 Å². The Hall–Kier alpha value is -2.62. The molecule has 1 aromatic rings. The highest BCUT2D eigenvalue weighted by molar-refractivity contribution is 7.91. The number of ether oxygens (including phenoxy) is 1. The zero-order chi connectivity index (χ0) is 21.4. The number of nitrogens with one attached hydrogen (secondary N) is 1. The monoisotopic (exact) mass is 423 g/mol. The van der Waals surface area contributed by atoms with Gasteiger partial charge in [-0.25, -0.2) is 13.2 Å². The fourth-order valence-electron chi connectivity index (χ4n) is 3.82. The highest BCUT2D eigenvalue weighted by Crippen LogP contribution is 2.33. The summed E-state index contributed by atoms with van der Waals surface area (Å²) in [6.07, 6.45) is 0.667. The lowest BCUT2D eigenvalue weighted by Crippen LogP contribution is -2.47. The number of rotatable bonds is 6. The van der Waals surface area contributed by atoms with Gasteiger partial charge in [0.15, 0.2) is 9.84 Å². The molecule has 10 heteroatoms. The highest BCUT2D eigenvalue weighted by Gasteiger charge is 2.52. The average Bonchev–Trinajstić information content (AvgIpc) is 3.19. The van der Waals surface area contributed by atoms with E-state index in [1.807, 2.05) is 0 Å². The minimum atomic E-state index is -3.15. The lowest BCUT2D eigenvalue weighted by Gasteiger charge is -2.27. The number of hydrogen-bond donors (Lipinski definition) is 1. The lowest BCUT2D eigenvalue weighted by atomic mass is 9.87. The van der Waals surface area contributed by atoms with E-state index in [2.05, 4.69) is 5.32 Å². The molecule has 0 spiro atoms. The van der Waals surface area contributed by atoms with Crippen LogP contribution in [-0.4, -0.2) is 74.3 Å². The van der Waals surface area contributed by atoms with Crippen molar-refractivity contribution in [3.05, 3.63) is 29.8 Å². The van der Waals surface area contributed by atoms with Gasteiger partial charge in [0.05, 0.1) is 18.6 Å². The van der Waals surface area contributed by atoms with Gasteiger partial charge in [0, 0.05) is 13.1 Å². The van der Waals surface area contributed by atoms with Crippen LogP contribution in [0.3, 0.4) is 0 Å². The molecule has 2 saturated heterocycles. The zero-order valence-corrected chi connectivity index (χ0v) is 17.5. The Labute approximate surface area is 169 Å². The Balaban J connectivity index is 1.77. The summed E-state index contributed by atoms with van der Waals surface area (Å²) in [5.74, 6) is -0.417. The fraction of sp³-hybridized carbons (Fsp3) is 0.526. The van der Waals surface area contributed by atoms with Crippen LogP contribution in [0.5, 0.6) is 5.75 Å². The summed E-state index contributed by atoms with van der Waals surface area (Å²) in [5.41, 5.74) is -0.650. The molecule has 29 heavy (non-hydrogen) atoms. The fourth-order valence-corrected chi connectivity index (χ4v) is 5.59. The van der Waals surface area contributed by atoms with Crippen LogP contribution in [0.15, 0.2) is 24.3 Å². The van der Waals surface area contributed by atoms with Crippen molar-refractivity contribution >= 4 is 27.7 Å². The van der Waals surface area contributed by atoms with Crippen LogP contribution in [0.2, 0.25) is 0 Å². The van der Waals surface area contributed by atoms with Gasteiger partial charge >= 0.3 is 6.03 Å². The molecule has 2 aliphatic rings. The van der Waals surface area contributed by atoms with Crippen LogP contribution in [0.4, 0.5) is 4.79 Å². The number of sulfone groups is 1. The molecule has 0 aromatic heterocycles. The molecule has 0 unspecified atom stereocenters. The molecular weight excluding hydrogens is 398 g/mol. The molecule has 0 radical (unpaired) electrons. The third-order valence-corrected chi connectivity index (χ3v) is 7.48. The maximum atomic E-state index is 13.2. The van der Waals surface area contributed by atoms with E-state index in [0.717, 1.165) is 4.90 Å². The summed E-state index contributed by atoms with van der Waals surface area (Å²) >= 11 is 0. The minimum absolute atomic E-state index is 0.0365. The molecule has 3 rings (SSSR count). The standard InChI is InChI=1S/C19H25N3O6S/c1-4-19(13-5-7-15(28-3)8-6-13)17(24)22(18(25)20-19)11-16(23)21(2)14-9-10-29(26,27)12-14/h5-8,14H,4,9-12H2,1-3H3,(H,20,25)/t14-,19+/m1/s1. The van der Waals surface area contributed by atoms with Crippen LogP contribution in [-0.2, 0) is 25.0 Å². The van der Waals surface area contributed by atoms with E-state index in [-0.39, 0.29) is 11.5 Å². The molecule has 1 aromatic carbocycles. The molecule has 1 N–H and O–H groups in total. The van der Waals surface area contributed by atoms with Crippen molar-refractivity contribution in [1.82, 2.24) is 15.1 Å². The Morgan fingerprint density at radius 1 is 1.31 bits per heavy atom. The molecular formula is C19H25N3O6S. The third-order valence-electron chi connectivity index (χ3n) is 5.73. The number of imide groups is 1. The predicted molar refractivity (Wildman–Crippen MR) is 105 cm³/mol. The van der Waals surface area contributed by atoms with Gasteiger partial charge in [-0.2, -0.15) is 0 Å².